The van der Waals surface area contributed by atoms with E-state index in [0.717, 1.165) is 50.0 Å². The molecular formula is C49H65FN8O7SSi. The zero-order valence-corrected chi connectivity index (χ0v) is 43.1. The molecule has 0 unspecified atom stereocenters. The Morgan fingerprint density at radius 2 is 1.88 bits per heavy atom. The van der Waals surface area contributed by atoms with Gasteiger partial charge in [0.2, 0.25) is 11.8 Å². The number of thiazole rings is 1. The Labute approximate surface area is 399 Å². The number of aromatic nitrogens is 3. The Hall–Kier alpha value is -5.30. The predicted molar refractivity (Wildman–Crippen MR) is 259 cm³/mol. The lowest BCUT2D eigenvalue weighted by Crippen LogP contribution is -2.68. The molecule has 0 radical (unpaired) electrons. The van der Waals surface area contributed by atoms with E-state index in [1.807, 2.05) is 24.4 Å². The lowest BCUT2D eigenvalue weighted by molar-refractivity contribution is -0.158. The third-order valence-electron chi connectivity index (χ3n) is 13.6. The molecule has 4 atom stereocenters. The summed E-state index contributed by atoms with van der Waals surface area (Å²) in [4.78, 5) is 82.1. The molecule has 0 spiro atoms. The van der Waals surface area contributed by atoms with E-state index in [0.29, 0.717) is 46.8 Å². The number of carbonyl (C=O) groups excluding carboxylic acids is 5. The fraction of sp³-hybridized carbons (Fsp3) is 0.531. The highest BCUT2D eigenvalue weighted by molar-refractivity contribution is 7.10. The number of ether oxygens (including phenoxy) is 2. The van der Waals surface area contributed by atoms with Crippen LogP contribution in [0.5, 0.6) is 0 Å². The van der Waals surface area contributed by atoms with E-state index in [1.165, 1.54) is 28.3 Å². The third-order valence-corrected chi connectivity index (χ3v) is 15.6. The maximum absolute atomic E-state index is 16.4. The molecule has 67 heavy (non-hydrogen) atoms. The molecule has 15 nitrogen and oxygen atoms in total. The number of fused-ring (bicyclic) bond motifs is 6. The average molecular weight is 957 g/mol. The molecule has 4 amide bonds. The van der Waals surface area contributed by atoms with Gasteiger partial charge < -0.3 is 29.2 Å². The number of likely N-dealkylation sites (N-methyl/N-ethyl adjacent to an activating group) is 1. The second-order valence-corrected chi connectivity index (χ2v) is 22.2. The minimum absolute atomic E-state index is 0.00815. The van der Waals surface area contributed by atoms with Crippen LogP contribution in [0, 0.1) is 11.3 Å². The fourth-order valence-electron chi connectivity index (χ4n) is 9.87. The standard InChI is InChI=1S/C49H65FN8O7SSi/c1-10-39(59)56-22-18-48(50,19-23-56)45(62)55(8)41(29(3)4)43(60)53-35-25-38-52-36(27-66-38)31-15-16-37-33(24-31)34(42(57(37)11-2)32-14-12-20-51-40(32)30(5)64-9)26-47(6,7)28-65-46(63)49(67)17-13-21-58(54-49)44(35)61/h10,12,14-16,20,24,27,29-30,35,41,54H,1,11,13,17-19,21-23,25-26,28H2,2-9,67H3,(H,53,60)/t30-,35-,41-,49-/m0/s1. The minimum atomic E-state index is -2.29. The number of rotatable bonds is 10. The maximum atomic E-state index is 16.4. The normalized spacial score (nSPS) is 21.9. The highest BCUT2D eigenvalue weighted by Gasteiger charge is 2.48. The number of aryl methyl sites for hydroxylation is 1. The lowest BCUT2D eigenvalue weighted by Gasteiger charge is -2.42. The van der Waals surface area contributed by atoms with Gasteiger partial charge in [0.25, 0.3) is 11.8 Å². The SMILES string of the molecule is C=CC(=O)N1CCC(F)(C(=O)N(C)[C@H](C(=O)N[C@H]2Cc3nc(cs3)-c3ccc4c(c3)c(c(-c3cccnc3[C@H](C)OC)n4CC)CC(C)(C)COC(=O)[C@@]3([SiH3])CCCN(N3)C2=O)C(C)C)CC1. The molecule has 7 rings (SSSR count). The van der Waals surface area contributed by atoms with Crippen LogP contribution in [0.25, 0.3) is 33.4 Å². The van der Waals surface area contributed by atoms with Crippen molar-refractivity contribution in [2.75, 3.05) is 40.4 Å². The molecule has 4 aromatic rings. The summed E-state index contributed by atoms with van der Waals surface area (Å²) in [6, 6.07) is 8.00. The molecule has 2 N–H and O–H groups in total. The van der Waals surface area contributed by atoms with Gasteiger partial charge in [-0.15, -0.1) is 11.3 Å². The van der Waals surface area contributed by atoms with E-state index in [-0.39, 0.29) is 57.5 Å². The Bertz CT molecular complexity index is 2550. The van der Waals surface area contributed by atoms with E-state index in [1.54, 1.807) is 27.2 Å². The van der Waals surface area contributed by atoms with Crippen molar-refractivity contribution in [1.82, 2.24) is 40.1 Å². The van der Waals surface area contributed by atoms with E-state index in [9.17, 15) is 24.0 Å². The number of hydrogen-bond acceptors (Lipinski definition) is 11. The third kappa shape index (κ3) is 9.99. The number of benzene rings is 1. The van der Waals surface area contributed by atoms with Gasteiger partial charge in [-0.05, 0) is 74.9 Å². The van der Waals surface area contributed by atoms with Crippen molar-refractivity contribution in [1.29, 1.82) is 0 Å². The molecule has 6 heterocycles. The summed E-state index contributed by atoms with van der Waals surface area (Å²) < 4.78 is 30.8. The number of alkyl halides is 1. The highest BCUT2D eigenvalue weighted by atomic mass is 32.1. The Morgan fingerprint density at radius 1 is 1.15 bits per heavy atom. The average Bonchev–Trinajstić information content (AvgIpc) is 3.90. The van der Waals surface area contributed by atoms with Crippen molar-refractivity contribution in [3.63, 3.8) is 0 Å². The number of cyclic esters (lactones) is 1. The largest absolute Gasteiger partial charge is 0.464 e. The van der Waals surface area contributed by atoms with E-state index in [2.05, 4.69) is 60.9 Å². The summed E-state index contributed by atoms with van der Waals surface area (Å²) >= 11 is 1.37. The fourth-order valence-corrected chi connectivity index (χ4v) is 11.5. The van der Waals surface area contributed by atoms with Gasteiger partial charge in [0.05, 0.1) is 34.8 Å². The monoisotopic (exact) mass is 956 g/mol. The first-order chi connectivity index (χ1) is 31.7. The van der Waals surface area contributed by atoms with Gasteiger partial charge in [0.15, 0.2) is 5.67 Å². The summed E-state index contributed by atoms with van der Waals surface area (Å²) in [5.41, 5.74) is 6.89. The molecular weight excluding hydrogens is 892 g/mol. The van der Waals surface area contributed by atoms with Gasteiger partial charge in [-0.3, -0.25) is 34.0 Å². The maximum Gasteiger partial charge on any atom is 0.323 e. The number of likely N-dealkylation sites (tertiary alicyclic amines) is 1. The Morgan fingerprint density at radius 3 is 2.55 bits per heavy atom. The number of carbonyl (C=O) groups is 5. The van der Waals surface area contributed by atoms with E-state index in [4.69, 9.17) is 19.4 Å². The molecule has 0 saturated carbocycles. The number of amides is 4. The first kappa shape index (κ1) is 49.6. The van der Waals surface area contributed by atoms with Crippen LogP contribution in [0.2, 0.25) is 0 Å². The van der Waals surface area contributed by atoms with Crippen molar-refractivity contribution in [2.45, 2.75) is 116 Å². The highest BCUT2D eigenvalue weighted by Crippen LogP contribution is 2.42. The quantitative estimate of drug-likeness (QED) is 0.127. The number of halogens is 1. The smallest absolute Gasteiger partial charge is 0.323 e. The van der Waals surface area contributed by atoms with Gasteiger partial charge in [-0.2, -0.15) is 0 Å². The van der Waals surface area contributed by atoms with Crippen molar-refractivity contribution in [3.8, 4) is 22.5 Å². The minimum Gasteiger partial charge on any atom is -0.464 e. The second-order valence-electron chi connectivity index (χ2n) is 19.6. The number of nitrogens with zero attached hydrogens (tertiary/aromatic N) is 6. The number of hydrazine groups is 1. The molecule has 1 aromatic carbocycles. The van der Waals surface area contributed by atoms with Crippen molar-refractivity contribution in [2.24, 2.45) is 11.3 Å². The topological polar surface area (TPSA) is 168 Å². The van der Waals surface area contributed by atoms with Gasteiger partial charge in [-0.25, -0.2) is 14.8 Å². The van der Waals surface area contributed by atoms with Crippen molar-refractivity contribution < 1.29 is 37.8 Å². The number of hydrogen-bond donors (Lipinski definition) is 2. The molecule has 0 aliphatic carbocycles. The van der Waals surface area contributed by atoms with Gasteiger partial charge in [0.1, 0.15) is 17.2 Å². The number of nitrogens with one attached hydrogen (secondary N) is 2. The molecule has 360 valence electrons. The Kier molecular flexibility index (Phi) is 14.6. The van der Waals surface area contributed by atoms with Gasteiger partial charge in [0, 0.05) is 109 Å². The lowest BCUT2D eigenvalue weighted by atomic mass is 9.84. The van der Waals surface area contributed by atoms with Crippen LogP contribution in [-0.4, -0.2) is 132 Å². The molecule has 2 fully saturated rings. The first-order valence-electron chi connectivity index (χ1n) is 23.3. The van der Waals surface area contributed by atoms with E-state index >= 15 is 4.39 Å². The second kappa shape index (κ2) is 19.7. The van der Waals surface area contributed by atoms with Crippen LogP contribution < -0.4 is 10.7 Å². The summed E-state index contributed by atoms with van der Waals surface area (Å²) in [5, 5.41) is 6.78. The summed E-state index contributed by atoms with van der Waals surface area (Å²) in [5.74, 6) is -3.23. The molecule has 6 bridgehead atoms. The number of pyridine rings is 1. The first-order valence-corrected chi connectivity index (χ1v) is 25.1. The van der Waals surface area contributed by atoms with Gasteiger partial charge >= 0.3 is 5.97 Å². The molecule has 3 aromatic heterocycles. The number of esters is 1. The van der Waals surface area contributed by atoms with Crippen molar-refractivity contribution >= 4 is 62.1 Å². The zero-order valence-electron chi connectivity index (χ0n) is 40.2. The predicted octanol–water partition coefficient (Wildman–Crippen LogP) is 4.90. The summed E-state index contributed by atoms with van der Waals surface area (Å²) in [7, 11) is 3.39. The van der Waals surface area contributed by atoms with Crippen LogP contribution in [0.1, 0.15) is 89.6 Å². The van der Waals surface area contributed by atoms with Crippen molar-refractivity contribution in [3.05, 3.63) is 70.8 Å². The van der Waals surface area contributed by atoms with Crippen LogP contribution in [0.3, 0.4) is 0 Å². The molecule has 2 saturated heterocycles. The molecule has 3 aliphatic heterocycles. The van der Waals surface area contributed by atoms with Crippen LogP contribution >= 0.6 is 11.3 Å². The summed E-state index contributed by atoms with van der Waals surface area (Å²) in [6.07, 6.45) is 3.76. The van der Waals surface area contributed by atoms with Crippen LogP contribution in [0.15, 0.2) is 54.6 Å². The van der Waals surface area contributed by atoms with Gasteiger partial charge in [-0.1, -0.05) is 40.3 Å². The Balaban J connectivity index is 1.28. The molecule has 18 heteroatoms. The molecule has 3 aliphatic rings. The van der Waals surface area contributed by atoms with Crippen LogP contribution in [0.4, 0.5) is 4.39 Å². The van der Waals surface area contributed by atoms with E-state index < -0.39 is 57.9 Å². The number of methoxy groups -OCH3 is 1. The summed E-state index contributed by atoms with van der Waals surface area (Å²) in [6.45, 7) is 16.4. The zero-order chi connectivity index (χ0) is 48.6. The number of piperidine rings is 1. The van der Waals surface area contributed by atoms with Crippen LogP contribution in [-0.2, 0) is 52.8 Å².